The topological polar surface area (TPSA) is 26.3 Å². The summed E-state index contributed by atoms with van der Waals surface area (Å²) in [4.78, 5) is 11.3. The van der Waals surface area contributed by atoms with Crippen molar-refractivity contribution in [1.82, 2.24) is 0 Å². The molecule has 0 radical (unpaired) electrons. The molecular weight excluding hydrogens is 140 g/mol. The molecule has 0 aliphatic heterocycles. The van der Waals surface area contributed by atoms with Gasteiger partial charge in [-0.15, -0.1) is 0 Å². The highest BCUT2D eigenvalue weighted by Gasteiger charge is 2.43. The maximum absolute atomic E-state index is 11.3. The Hall–Kier alpha value is -0.530. The van der Waals surface area contributed by atoms with Gasteiger partial charge in [-0.05, 0) is 40.5 Å². The maximum atomic E-state index is 11.3. The van der Waals surface area contributed by atoms with Crippen molar-refractivity contribution >= 4 is 5.97 Å². The minimum absolute atomic E-state index is 0.0856. The van der Waals surface area contributed by atoms with Crippen LogP contribution < -0.4 is 0 Å². The molecule has 0 saturated heterocycles. The van der Waals surface area contributed by atoms with E-state index in [2.05, 4.69) is 0 Å². The van der Waals surface area contributed by atoms with E-state index in [9.17, 15) is 4.79 Å². The Morgan fingerprint density at radius 2 is 1.82 bits per heavy atom. The highest BCUT2D eigenvalue weighted by molar-refractivity contribution is 5.76. The molecule has 0 amide bonds. The van der Waals surface area contributed by atoms with Crippen molar-refractivity contribution in [2.75, 3.05) is 0 Å². The van der Waals surface area contributed by atoms with Gasteiger partial charge in [-0.1, -0.05) is 0 Å². The van der Waals surface area contributed by atoms with Crippen LogP contribution in [-0.4, -0.2) is 11.6 Å². The highest BCUT2D eigenvalue weighted by atomic mass is 16.6. The van der Waals surface area contributed by atoms with Crippen molar-refractivity contribution in [3.05, 3.63) is 0 Å². The van der Waals surface area contributed by atoms with Crippen molar-refractivity contribution in [3.63, 3.8) is 0 Å². The lowest BCUT2D eigenvalue weighted by Crippen LogP contribution is -2.27. The third kappa shape index (κ3) is 2.21. The Bertz CT molecular complexity index is 172. The van der Waals surface area contributed by atoms with E-state index < -0.39 is 0 Å². The van der Waals surface area contributed by atoms with Gasteiger partial charge in [0.25, 0.3) is 0 Å². The molecule has 0 aromatic rings. The molecule has 0 heterocycles. The van der Waals surface area contributed by atoms with Gasteiger partial charge >= 0.3 is 5.97 Å². The predicted octanol–water partition coefficient (Wildman–Crippen LogP) is 2.13. The molecule has 1 rings (SSSR count). The van der Waals surface area contributed by atoms with Gasteiger partial charge in [0.05, 0.1) is 5.41 Å². The first kappa shape index (κ1) is 8.57. The first-order chi connectivity index (χ1) is 4.83. The molecule has 0 aromatic carbocycles. The zero-order valence-electron chi connectivity index (χ0n) is 7.73. The van der Waals surface area contributed by atoms with Gasteiger partial charge < -0.3 is 4.74 Å². The van der Waals surface area contributed by atoms with Gasteiger partial charge in [-0.25, -0.2) is 0 Å². The van der Waals surface area contributed by atoms with E-state index in [4.69, 9.17) is 4.74 Å². The summed E-state index contributed by atoms with van der Waals surface area (Å²) in [7, 11) is 0. The smallest absolute Gasteiger partial charge is 0.311 e. The zero-order chi connectivity index (χ0) is 8.70. The molecule has 1 aliphatic carbocycles. The molecule has 2 nitrogen and oxygen atoms in total. The summed E-state index contributed by atoms with van der Waals surface area (Å²) < 4.78 is 5.27. The lowest BCUT2D eigenvalue weighted by atomic mass is 9.97. The van der Waals surface area contributed by atoms with Crippen molar-refractivity contribution in [2.24, 2.45) is 5.41 Å². The van der Waals surface area contributed by atoms with Crippen molar-refractivity contribution in [3.8, 4) is 0 Å². The fourth-order valence-corrected chi connectivity index (χ4v) is 0.655. The van der Waals surface area contributed by atoms with E-state index in [1.165, 1.54) is 0 Å². The highest BCUT2D eigenvalue weighted by Crippen LogP contribution is 2.40. The van der Waals surface area contributed by atoms with Crippen molar-refractivity contribution in [2.45, 2.75) is 46.1 Å². The van der Waals surface area contributed by atoms with Gasteiger partial charge in [-0.3, -0.25) is 4.79 Å². The number of carbonyl (C=O) groups is 1. The minimum atomic E-state index is -0.356. The number of carbonyl (C=O) groups excluding carboxylic acids is 1. The van der Waals surface area contributed by atoms with Crippen LogP contribution in [0.2, 0.25) is 0 Å². The van der Waals surface area contributed by atoms with E-state index in [0.29, 0.717) is 0 Å². The number of hydrogen-bond acceptors (Lipinski definition) is 2. The standard InChI is InChI=1S/C9H16O2/c1-8(2,3)7(10)11-9(4)5-6-9/h5-6H2,1-4H3. The van der Waals surface area contributed by atoms with Crippen LogP contribution in [0.5, 0.6) is 0 Å². The number of rotatable bonds is 1. The third-order valence-corrected chi connectivity index (χ3v) is 1.91. The number of hydrogen-bond donors (Lipinski definition) is 0. The lowest BCUT2D eigenvalue weighted by Gasteiger charge is -2.20. The summed E-state index contributed by atoms with van der Waals surface area (Å²) in [6.45, 7) is 7.61. The zero-order valence-corrected chi connectivity index (χ0v) is 7.73. The van der Waals surface area contributed by atoms with E-state index in [1.807, 2.05) is 27.7 Å². The Labute approximate surface area is 67.9 Å². The number of esters is 1. The molecule has 0 spiro atoms. The van der Waals surface area contributed by atoms with Crippen LogP contribution in [0.25, 0.3) is 0 Å². The molecule has 11 heavy (non-hydrogen) atoms. The molecule has 0 aromatic heterocycles. The van der Waals surface area contributed by atoms with Crippen molar-refractivity contribution in [1.29, 1.82) is 0 Å². The Morgan fingerprint density at radius 3 is 2.09 bits per heavy atom. The molecule has 1 fully saturated rings. The van der Waals surface area contributed by atoms with E-state index in [1.54, 1.807) is 0 Å². The second kappa shape index (κ2) is 2.23. The van der Waals surface area contributed by atoms with Crippen LogP contribution in [0, 0.1) is 5.41 Å². The Balaban J connectivity index is 2.44. The largest absolute Gasteiger partial charge is 0.459 e. The fourth-order valence-electron chi connectivity index (χ4n) is 0.655. The summed E-state index contributed by atoms with van der Waals surface area (Å²) in [6.07, 6.45) is 2.05. The molecule has 0 unspecified atom stereocenters. The normalized spacial score (nSPS) is 21.1. The lowest BCUT2D eigenvalue weighted by molar-refractivity contribution is -0.159. The van der Waals surface area contributed by atoms with E-state index >= 15 is 0 Å². The fraction of sp³-hybridized carbons (Fsp3) is 0.889. The van der Waals surface area contributed by atoms with Gasteiger partial charge in [0.2, 0.25) is 0 Å². The van der Waals surface area contributed by atoms with Gasteiger partial charge in [0, 0.05) is 0 Å². The number of ether oxygens (including phenoxy) is 1. The van der Waals surface area contributed by atoms with Gasteiger partial charge in [-0.2, -0.15) is 0 Å². The van der Waals surface area contributed by atoms with Crippen LogP contribution >= 0.6 is 0 Å². The minimum Gasteiger partial charge on any atom is -0.459 e. The van der Waals surface area contributed by atoms with Crippen LogP contribution in [0.4, 0.5) is 0 Å². The molecule has 0 N–H and O–H groups in total. The molecule has 2 heteroatoms. The molecular formula is C9H16O2. The monoisotopic (exact) mass is 156 g/mol. The summed E-state index contributed by atoms with van der Waals surface area (Å²) >= 11 is 0. The Morgan fingerprint density at radius 1 is 1.36 bits per heavy atom. The van der Waals surface area contributed by atoms with E-state index in [-0.39, 0.29) is 17.0 Å². The average molecular weight is 156 g/mol. The summed E-state index contributed by atoms with van der Waals surface area (Å²) in [5, 5.41) is 0. The molecule has 1 aliphatic rings. The quantitative estimate of drug-likeness (QED) is 0.543. The molecule has 0 bridgehead atoms. The SMILES string of the molecule is CC1(OC(=O)C(C)(C)C)CC1. The van der Waals surface area contributed by atoms with Crippen molar-refractivity contribution < 1.29 is 9.53 Å². The summed E-state index contributed by atoms with van der Waals surface area (Å²) in [6, 6.07) is 0. The maximum Gasteiger partial charge on any atom is 0.311 e. The van der Waals surface area contributed by atoms with Gasteiger partial charge in [0.1, 0.15) is 5.60 Å². The predicted molar refractivity (Wildman–Crippen MR) is 43.2 cm³/mol. The van der Waals surface area contributed by atoms with E-state index in [0.717, 1.165) is 12.8 Å². The second-order valence-corrected chi connectivity index (χ2v) is 4.59. The molecule has 64 valence electrons. The average Bonchev–Trinajstić information content (AvgIpc) is 2.45. The van der Waals surface area contributed by atoms with Crippen LogP contribution in [0.1, 0.15) is 40.5 Å². The van der Waals surface area contributed by atoms with Gasteiger partial charge in [0.15, 0.2) is 0 Å². The molecule has 1 saturated carbocycles. The summed E-state index contributed by atoms with van der Waals surface area (Å²) in [5.74, 6) is -0.0856. The van der Waals surface area contributed by atoms with Crippen LogP contribution in [-0.2, 0) is 9.53 Å². The Kier molecular flexibility index (Phi) is 1.73. The third-order valence-electron chi connectivity index (χ3n) is 1.91. The molecule has 0 atom stereocenters. The van der Waals surface area contributed by atoms with Crippen LogP contribution in [0.3, 0.4) is 0 Å². The first-order valence-corrected chi connectivity index (χ1v) is 4.07. The summed E-state index contributed by atoms with van der Waals surface area (Å²) in [5.41, 5.74) is -0.476. The first-order valence-electron chi connectivity index (χ1n) is 4.07. The van der Waals surface area contributed by atoms with Crippen LogP contribution in [0.15, 0.2) is 0 Å². The second-order valence-electron chi connectivity index (χ2n) is 4.59.